The van der Waals surface area contributed by atoms with Gasteiger partial charge in [-0.15, -0.1) is 11.3 Å². The second-order valence-corrected chi connectivity index (χ2v) is 8.23. The molecule has 2 aliphatic rings. The molecule has 0 radical (unpaired) electrons. The summed E-state index contributed by atoms with van der Waals surface area (Å²) >= 11 is 1.74. The van der Waals surface area contributed by atoms with E-state index in [1.807, 2.05) is 24.1 Å². The summed E-state index contributed by atoms with van der Waals surface area (Å²) in [5.74, 6) is 1.78. The van der Waals surface area contributed by atoms with Crippen molar-refractivity contribution in [3.63, 3.8) is 0 Å². The summed E-state index contributed by atoms with van der Waals surface area (Å²) in [7, 11) is 2.03. The van der Waals surface area contributed by atoms with Crippen LogP contribution < -0.4 is 9.47 Å². The van der Waals surface area contributed by atoms with Crippen molar-refractivity contribution in [2.45, 2.75) is 31.8 Å². The molecule has 0 spiro atoms. The zero-order chi connectivity index (χ0) is 18.8. The predicted octanol–water partition coefficient (Wildman–Crippen LogP) is 3.88. The molecule has 2 atom stereocenters. The van der Waals surface area contributed by atoms with Gasteiger partial charge in [-0.3, -0.25) is 9.69 Å². The lowest BCUT2D eigenvalue weighted by atomic mass is 10.0. The Kier molecular flexibility index (Phi) is 5.36. The third kappa shape index (κ3) is 3.82. The summed E-state index contributed by atoms with van der Waals surface area (Å²) in [6.07, 6.45) is 2.03. The van der Waals surface area contributed by atoms with Gasteiger partial charge in [0.25, 0.3) is 0 Å². The molecule has 5 nitrogen and oxygen atoms in total. The van der Waals surface area contributed by atoms with Crippen LogP contribution in [0, 0.1) is 0 Å². The standard InChI is InChI=1S/C21H26N2O3S/c1-15(20-6-4-12-27-20)22(2)14-21(24)23-9-3-5-17(23)16-7-8-18-19(13-16)26-11-10-25-18/h4,6-8,12-13,15,17H,3,5,9-11,14H2,1-2H3. The van der Waals surface area contributed by atoms with E-state index in [4.69, 9.17) is 9.47 Å². The number of likely N-dealkylation sites (N-methyl/N-ethyl adjacent to an activating group) is 1. The Balaban J connectivity index is 1.45. The van der Waals surface area contributed by atoms with Crippen LogP contribution in [0.5, 0.6) is 11.5 Å². The van der Waals surface area contributed by atoms with E-state index in [1.54, 1.807) is 11.3 Å². The van der Waals surface area contributed by atoms with Crippen molar-refractivity contribution < 1.29 is 14.3 Å². The van der Waals surface area contributed by atoms with Gasteiger partial charge < -0.3 is 14.4 Å². The fourth-order valence-corrected chi connectivity index (χ4v) is 4.71. The van der Waals surface area contributed by atoms with E-state index >= 15 is 0 Å². The lowest BCUT2D eigenvalue weighted by Gasteiger charge is -2.30. The molecule has 0 saturated carbocycles. The lowest BCUT2D eigenvalue weighted by molar-refractivity contribution is -0.133. The molecule has 144 valence electrons. The van der Waals surface area contributed by atoms with Gasteiger partial charge in [0, 0.05) is 17.5 Å². The highest BCUT2D eigenvalue weighted by atomic mass is 32.1. The van der Waals surface area contributed by atoms with E-state index in [1.165, 1.54) is 4.88 Å². The van der Waals surface area contributed by atoms with E-state index in [0.29, 0.717) is 19.8 Å². The smallest absolute Gasteiger partial charge is 0.237 e. The number of hydrogen-bond donors (Lipinski definition) is 0. The summed E-state index contributed by atoms with van der Waals surface area (Å²) in [6, 6.07) is 10.6. The van der Waals surface area contributed by atoms with Crippen LogP contribution in [0.2, 0.25) is 0 Å². The number of hydrogen-bond acceptors (Lipinski definition) is 5. The molecule has 3 heterocycles. The van der Waals surface area contributed by atoms with Gasteiger partial charge in [-0.25, -0.2) is 0 Å². The van der Waals surface area contributed by atoms with Gasteiger partial charge >= 0.3 is 0 Å². The van der Waals surface area contributed by atoms with E-state index in [2.05, 4.69) is 35.4 Å². The van der Waals surface area contributed by atoms with Gasteiger partial charge in [0.05, 0.1) is 12.6 Å². The topological polar surface area (TPSA) is 42.0 Å². The molecule has 1 saturated heterocycles. The number of likely N-dealkylation sites (tertiary alicyclic amines) is 1. The third-order valence-electron chi connectivity index (χ3n) is 5.52. The summed E-state index contributed by atoms with van der Waals surface area (Å²) in [5, 5.41) is 2.08. The van der Waals surface area contributed by atoms with Crippen LogP contribution in [0.3, 0.4) is 0 Å². The van der Waals surface area contributed by atoms with E-state index in [9.17, 15) is 4.79 Å². The molecule has 0 N–H and O–H groups in total. The van der Waals surface area contributed by atoms with Gasteiger partial charge in [-0.2, -0.15) is 0 Å². The minimum atomic E-state index is 0.124. The molecule has 2 aliphatic heterocycles. The van der Waals surface area contributed by atoms with Crippen molar-refractivity contribution in [3.8, 4) is 11.5 Å². The van der Waals surface area contributed by atoms with Crippen molar-refractivity contribution in [2.24, 2.45) is 0 Å². The maximum Gasteiger partial charge on any atom is 0.237 e. The van der Waals surface area contributed by atoms with E-state index in [0.717, 1.165) is 36.4 Å². The monoisotopic (exact) mass is 386 g/mol. The minimum Gasteiger partial charge on any atom is -0.486 e. The van der Waals surface area contributed by atoms with Gasteiger partial charge in [0.1, 0.15) is 13.2 Å². The lowest BCUT2D eigenvalue weighted by Crippen LogP contribution is -2.39. The Morgan fingerprint density at radius 3 is 2.89 bits per heavy atom. The molecule has 1 aromatic carbocycles. The number of nitrogens with zero attached hydrogens (tertiary/aromatic N) is 2. The average Bonchev–Trinajstić information content (AvgIpc) is 3.38. The average molecular weight is 387 g/mol. The molecule has 4 rings (SSSR count). The SMILES string of the molecule is CC(c1cccs1)N(C)CC(=O)N1CCCC1c1ccc2c(c1)OCCO2. The van der Waals surface area contributed by atoms with E-state index < -0.39 is 0 Å². The van der Waals surface area contributed by atoms with Gasteiger partial charge in [0.15, 0.2) is 11.5 Å². The molecule has 0 bridgehead atoms. The number of rotatable bonds is 5. The van der Waals surface area contributed by atoms with Crippen molar-refractivity contribution in [1.29, 1.82) is 0 Å². The highest BCUT2D eigenvalue weighted by Crippen LogP contribution is 2.38. The fourth-order valence-electron chi connectivity index (χ4n) is 3.87. The maximum absolute atomic E-state index is 13.0. The maximum atomic E-state index is 13.0. The summed E-state index contributed by atoms with van der Waals surface area (Å²) < 4.78 is 11.3. The molecule has 0 aliphatic carbocycles. The third-order valence-corrected chi connectivity index (χ3v) is 6.57. The predicted molar refractivity (Wildman–Crippen MR) is 106 cm³/mol. The summed E-state index contributed by atoms with van der Waals surface area (Å²) in [5.41, 5.74) is 1.14. The zero-order valence-corrected chi connectivity index (χ0v) is 16.7. The highest BCUT2D eigenvalue weighted by Gasteiger charge is 2.31. The van der Waals surface area contributed by atoms with Gasteiger partial charge in [0.2, 0.25) is 5.91 Å². The second kappa shape index (κ2) is 7.90. The molecular weight excluding hydrogens is 360 g/mol. The first kappa shape index (κ1) is 18.3. The molecule has 1 aromatic heterocycles. The largest absolute Gasteiger partial charge is 0.486 e. The highest BCUT2D eigenvalue weighted by molar-refractivity contribution is 7.10. The Bertz CT molecular complexity index is 793. The van der Waals surface area contributed by atoms with Crippen LogP contribution in [0.15, 0.2) is 35.7 Å². The number of amides is 1. The minimum absolute atomic E-state index is 0.124. The van der Waals surface area contributed by atoms with Crippen molar-refractivity contribution in [1.82, 2.24) is 9.80 Å². The number of benzene rings is 1. The van der Waals surface area contributed by atoms with Crippen LogP contribution in [-0.2, 0) is 4.79 Å². The second-order valence-electron chi connectivity index (χ2n) is 7.25. The molecule has 6 heteroatoms. The normalized spacial score (nSPS) is 20.1. The molecule has 1 fully saturated rings. The zero-order valence-electron chi connectivity index (χ0n) is 15.9. The molecule has 27 heavy (non-hydrogen) atoms. The molecule has 2 unspecified atom stereocenters. The van der Waals surface area contributed by atoms with Crippen molar-refractivity contribution in [2.75, 3.05) is 33.4 Å². The van der Waals surface area contributed by atoms with E-state index in [-0.39, 0.29) is 18.0 Å². The van der Waals surface area contributed by atoms with Crippen LogP contribution in [-0.4, -0.2) is 49.1 Å². The summed E-state index contributed by atoms with van der Waals surface area (Å²) in [4.78, 5) is 18.5. The Hall–Kier alpha value is -2.05. The first-order valence-electron chi connectivity index (χ1n) is 9.56. The molecular formula is C21H26N2O3S. The summed E-state index contributed by atoms with van der Waals surface area (Å²) in [6.45, 7) is 4.57. The Morgan fingerprint density at radius 2 is 2.11 bits per heavy atom. The fraction of sp³-hybridized carbons (Fsp3) is 0.476. The Morgan fingerprint density at radius 1 is 1.30 bits per heavy atom. The van der Waals surface area contributed by atoms with Crippen LogP contribution >= 0.6 is 11.3 Å². The number of thiophene rings is 1. The number of carbonyl (C=O) groups is 1. The number of carbonyl (C=O) groups excluding carboxylic acids is 1. The quantitative estimate of drug-likeness (QED) is 0.782. The van der Waals surface area contributed by atoms with Crippen molar-refractivity contribution in [3.05, 3.63) is 46.2 Å². The van der Waals surface area contributed by atoms with Gasteiger partial charge in [-0.05, 0) is 56.0 Å². The number of fused-ring (bicyclic) bond motifs is 1. The van der Waals surface area contributed by atoms with Crippen LogP contribution in [0.25, 0.3) is 0 Å². The van der Waals surface area contributed by atoms with Crippen LogP contribution in [0.1, 0.15) is 42.3 Å². The van der Waals surface area contributed by atoms with Gasteiger partial charge in [-0.1, -0.05) is 12.1 Å². The first-order valence-corrected chi connectivity index (χ1v) is 10.4. The van der Waals surface area contributed by atoms with Crippen molar-refractivity contribution >= 4 is 17.2 Å². The Labute approximate surface area is 164 Å². The molecule has 1 amide bonds. The molecule has 2 aromatic rings. The van der Waals surface area contributed by atoms with Crippen LogP contribution in [0.4, 0.5) is 0 Å². The number of ether oxygens (including phenoxy) is 2. The first-order chi connectivity index (χ1) is 13.1.